The lowest BCUT2D eigenvalue weighted by atomic mass is 9.99. The monoisotopic (exact) mass is 256 g/mol. The summed E-state index contributed by atoms with van der Waals surface area (Å²) in [5, 5.41) is 0. The van der Waals surface area contributed by atoms with E-state index in [2.05, 4.69) is 0 Å². The quantitative estimate of drug-likeness (QED) is 0.771. The number of hydrogen-bond acceptors (Lipinski definition) is 2. The molecule has 0 radical (unpaired) electrons. The summed E-state index contributed by atoms with van der Waals surface area (Å²) >= 11 is 0. The molecule has 96 valence electrons. The second-order valence-electron chi connectivity index (χ2n) is 4.71. The Morgan fingerprint density at radius 3 is 2.68 bits per heavy atom. The van der Waals surface area contributed by atoms with Crippen molar-refractivity contribution in [2.24, 2.45) is 0 Å². The highest BCUT2D eigenvalue weighted by Crippen LogP contribution is 2.27. The fraction of sp³-hybridized carbons (Fsp3) is 0.188. The van der Waals surface area contributed by atoms with Crippen molar-refractivity contribution in [1.29, 1.82) is 0 Å². The number of carbonyl (C=O) groups is 1. The molecule has 0 saturated heterocycles. The number of hydrogen-bond donors (Lipinski definition) is 0. The molecule has 1 aliphatic heterocycles. The minimum absolute atomic E-state index is 0.0854. The van der Waals surface area contributed by atoms with Crippen LogP contribution in [-0.4, -0.2) is 12.4 Å². The average Bonchev–Trinajstić information content (AvgIpc) is 2.88. The number of ketones is 1. The number of fused-ring (bicyclic) bond motifs is 1. The summed E-state index contributed by atoms with van der Waals surface area (Å²) in [6, 6.07) is 9.88. The molecule has 2 aromatic carbocycles. The van der Waals surface area contributed by atoms with Crippen molar-refractivity contribution < 1.29 is 13.9 Å². The van der Waals surface area contributed by atoms with Crippen molar-refractivity contribution in [3.8, 4) is 5.75 Å². The van der Waals surface area contributed by atoms with E-state index >= 15 is 0 Å². The lowest BCUT2D eigenvalue weighted by molar-refractivity contribution is 0.103. The van der Waals surface area contributed by atoms with Crippen molar-refractivity contribution in [1.82, 2.24) is 0 Å². The Balaban J connectivity index is 1.97. The van der Waals surface area contributed by atoms with Crippen LogP contribution in [0.1, 0.15) is 27.0 Å². The first-order valence-corrected chi connectivity index (χ1v) is 6.22. The molecular formula is C16H13FO2. The van der Waals surface area contributed by atoms with E-state index in [0.717, 1.165) is 17.7 Å². The SMILES string of the molecule is Cc1cc(C(=O)c2ccc3c(c2)CCO3)ccc1F. The molecule has 0 bridgehead atoms. The van der Waals surface area contributed by atoms with Crippen LogP contribution in [0.25, 0.3) is 0 Å². The van der Waals surface area contributed by atoms with Crippen molar-refractivity contribution in [3.63, 3.8) is 0 Å². The summed E-state index contributed by atoms with van der Waals surface area (Å²) < 4.78 is 18.6. The molecule has 2 aromatic rings. The van der Waals surface area contributed by atoms with Crippen LogP contribution in [0.3, 0.4) is 0 Å². The summed E-state index contributed by atoms with van der Waals surface area (Å²) in [5.41, 5.74) is 2.67. The van der Waals surface area contributed by atoms with Crippen LogP contribution < -0.4 is 4.74 Å². The van der Waals surface area contributed by atoms with Gasteiger partial charge in [0.05, 0.1) is 6.61 Å². The minimum Gasteiger partial charge on any atom is -0.493 e. The van der Waals surface area contributed by atoms with E-state index in [4.69, 9.17) is 4.74 Å². The Hall–Kier alpha value is -2.16. The van der Waals surface area contributed by atoms with Crippen molar-refractivity contribution in [2.75, 3.05) is 6.61 Å². The summed E-state index contributed by atoms with van der Waals surface area (Å²) in [7, 11) is 0. The van der Waals surface area contributed by atoms with Gasteiger partial charge in [0.25, 0.3) is 0 Å². The highest BCUT2D eigenvalue weighted by molar-refractivity contribution is 6.09. The van der Waals surface area contributed by atoms with Crippen molar-refractivity contribution in [3.05, 3.63) is 64.5 Å². The number of carbonyl (C=O) groups excluding carboxylic acids is 1. The van der Waals surface area contributed by atoms with Crippen LogP contribution in [0.5, 0.6) is 5.75 Å². The van der Waals surface area contributed by atoms with Gasteiger partial charge in [-0.15, -0.1) is 0 Å². The largest absolute Gasteiger partial charge is 0.493 e. The molecule has 3 rings (SSSR count). The Labute approximate surface area is 110 Å². The summed E-state index contributed by atoms with van der Waals surface area (Å²) in [6.07, 6.45) is 0.832. The predicted octanol–water partition coefficient (Wildman–Crippen LogP) is 3.30. The Morgan fingerprint density at radius 1 is 1.16 bits per heavy atom. The molecule has 0 amide bonds. The predicted molar refractivity (Wildman–Crippen MR) is 70.2 cm³/mol. The third-order valence-corrected chi connectivity index (χ3v) is 3.37. The van der Waals surface area contributed by atoms with Gasteiger partial charge in [0.2, 0.25) is 0 Å². The molecule has 0 N–H and O–H groups in total. The highest BCUT2D eigenvalue weighted by Gasteiger charge is 2.16. The first-order valence-electron chi connectivity index (χ1n) is 6.22. The maximum atomic E-state index is 13.2. The normalized spacial score (nSPS) is 12.9. The van der Waals surface area contributed by atoms with Gasteiger partial charge in [-0.3, -0.25) is 4.79 Å². The molecule has 19 heavy (non-hydrogen) atoms. The Bertz CT molecular complexity index is 662. The molecular weight excluding hydrogens is 243 g/mol. The van der Waals surface area contributed by atoms with Gasteiger partial charge >= 0.3 is 0 Å². The van der Waals surface area contributed by atoms with Crippen LogP contribution in [0, 0.1) is 12.7 Å². The van der Waals surface area contributed by atoms with E-state index < -0.39 is 0 Å². The molecule has 0 fully saturated rings. The Kier molecular flexibility index (Phi) is 2.82. The maximum Gasteiger partial charge on any atom is 0.193 e. The second kappa shape index (κ2) is 4.50. The number of rotatable bonds is 2. The van der Waals surface area contributed by atoms with Crippen LogP contribution in [0.15, 0.2) is 36.4 Å². The average molecular weight is 256 g/mol. The summed E-state index contributed by atoms with van der Waals surface area (Å²) in [4.78, 5) is 12.3. The molecule has 2 nitrogen and oxygen atoms in total. The first-order chi connectivity index (χ1) is 9.15. The fourth-order valence-electron chi connectivity index (χ4n) is 2.28. The van der Waals surface area contributed by atoms with Gasteiger partial charge in [0.15, 0.2) is 5.78 Å². The third kappa shape index (κ3) is 2.12. The lowest BCUT2D eigenvalue weighted by Crippen LogP contribution is -2.02. The zero-order chi connectivity index (χ0) is 13.4. The van der Waals surface area contributed by atoms with E-state index in [1.165, 1.54) is 12.1 Å². The third-order valence-electron chi connectivity index (χ3n) is 3.37. The van der Waals surface area contributed by atoms with E-state index in [9.17, 15) is 9.18 Å². The standard InChI is InChI=1S/C16H13FO2/c1-10-8-12(2-4-14(10)17)16(18)13-3-5-15-11(9-13)6-7-19-15/h2-5,8-9H,6-7H2,1H3. The van der Waals surface area contributed by atoms with E-state index in [1.54, 1.807) is 19.1 Å². The molecule has 1 heterocycles. The van der Waals surface area contributed by atoms with Gasteiger partial charge in [-0.25, -0.2) is 4.39 Å². The van der Waals surface area contributed by atoms with E-state index in [0.29, 0.717) is 23.3 Å². The zero-order valence-electron chi connectivity index (χ0n) is 10.6. The van der Waals surface area contributed by atoms with Crippen LogP contribution in [0.4, 0.5) is 4.39 Å². The van der Waals surface area contributed by atoms with Crippen LogP contribution in [-0.2, 0) is 6.42 Å². The molecule has 3 heteroatoms. The number of ether oxygens (including phenoxy) is 1. The lowest BCUT2D eigenvalue weighted by Gasteiger charge is -2.05. The first kappa shape index (κ1) is 11.9. The van der Waals surface area contributed by atoms with E-state index in [1.807, 2.05) is 12.1 Å². The number of benzene rings is 2. The van der Waals surface area contributed by atoms with Crippen molar-refractivity contribution in [2.45, 2.75) is 13.3 Å². The van der Waals surface area contributed by atoms with Gasteiger partial charge < -0.3 is 4.74 Å². The number of aryl methyl sites for hydroxylation is 1. The molecule has 0 saturated carbocycles. The van der Waals surface area contributed by atoms with Gasteiger partial charge in [0, 0.05) is 17.5 Å². The topological polar surface area (TPSA) is 26.3 Å². The zero-order valence-corrected chi connectivity index (χ0v) is 10.6. The van der Waals surface area contributed by atoms with Gasteiger partial charge in [-0.2, -0.15) is 0 Å². The smallest absolute Gasteiger partial charge is 0.193 e. The highest BCUT2D eigenvalue weighted by atomic mass is 19.1. The summed E-state index contributed by atoms with van der Waals surface area (Å²) in [5.74, 6) is 0.476. The van der Waals surface area contributed by atoms with Crippen LogP contribution >= 0.6 is 0 Å². The van der Waals surface area contributed by atoms with Gasteiger partial charge in [-0.1, -0.05) is 0 Å². The number of halogens is 1. The minimum atomic E-state index is -0.293. The van der Waals surface area contributed by atoms with Gasteiger partial charge in [0.1, 0.15) is 11.6 Å². The molecule has 0 aromatic heterocycles. The molecule has 0 spiro atoms. The maximum absolute atomic E-state index is 13.2. The molecule has 1 aliphatic rings. The molecule has 0 unspecified atom stereocenters. The fourth-order valence-corrected chi connectivity index (χ4v) is 2.28. The molecule has 0 aliphatic carbocycles. The van der Waals surface area contributed by atoms with Crippen molar-refractivity contribution >= 4 is 5.78 Å². The second-order valence-corrected chi connectivity index (χ2v) is 4.71. The Morgan fingerprint density at radius 2 is 1.89 bits per heavy atom. The van der Waals surface area contributed by atoms with E-state index in [-0.39, 0.29) is 11.6 Å². The van der Waals surface area contributed by atoms with Gasteiger partial charge in [-0.05, 0) is 54.4 Å². The summed E-state index contributed by atoms with van der Waals surface area (Å²) in [6.45, 7) is 2.32. The molecule has 0 atom stereocenters. The van der Waals surface area contributed by atoms with Crippen LogP contribution in [0.2, 0.25) is 0 Å².